The maximum Gasteiger partial charge on any atom is 0.123 e. The molecule has 0 bridgehead atoms. The molecule has 2 aromatic carbocycles. The molecule has 0 amide bonds. The lowest BCUT2D eigenvalue weighted by molar-refractivity contribution is 1.05. The van der Waals surface area contributed by atoms with Crippen LogP contribution in [-0.4, -0.2) is 14.8 Å². The van der Waals surface area contributed by atoms with E-state index in [1.807, 2.05) is 47.0 Å². The largest absolute Gasteiger partial charge is 0.381 e. The van der Waals surface area contributed by atoms with Crippen LogP contribution >= 0.6 is 27.5 Å². The second kappa shape index (κ2) is 6.28. The molecule has 0 aliphatic rings. The van der Waals surface area contributed by atoms with Crippen molar-refractivity contribution in [1.82, 2.24) is 14.8 Å². The van der Waals surface area contributed by atoms with Crippen LogP contribution in [0.25, 0.3) is 5.69 Å². The first-order chi connectivity index (χ1) is 10.2. The van der Waals surface area contributed by atoms with Gasteiger partial charge in [0.05, 0.1) is 10.7 Å². The zero-order valence-electron chi connectivity index (χ0n) is 11.0. The van der Waals surface area contributed by atoms with Crippen LogP contribution in [0.5, 0.6) is 0 Å². The predicted molar refractivity (Wildman–Crippen MR) is 87.8 cm³/mol. The molecule has 0 radical (unpaired) electrons. The van der Waals surface area contributed by atoms with E-state index < -0.39 is 0 Å². The van der Waals surface area contributed by atoms with Crippen molar-refractivity contribution < 1.29 is 0 Å². The highest BCUT2D eigenvalue weighted by molar-refractivity contribution is 9.10. The van der Waals surface area contributed by atoms with Gasteiger partial charge in [-0.2, -0.15) is 0 Å². The van der Waals surface area contributed by atoms with Gasteiger partial charge in [-0.3, -0.25) is 4.57 Å². The van der Waals surface area contributed by atoms with Gasteiger partial charge < -0.3 is 5.32 Å². The Labute approximate surface area is 135 Å². The number of benzene rings is 2. The Hall–Kier alpha value is -1.85. The summed E-state index contributed by atoms with van der Waals surface area (Å²) >= 11 is 9.49. The van der Waals surface area contributed by atoms with E-state index >= 15 is 0 Å². The first-order valence-electron chi connectivity index (χ1n) is 6.35. The molecule has 0 aliphatic carbocycles. The summed E-state index contributed by atoms with van der Waals surface area (Å²) in [6.45, 7) is 0.707. The van der Waals surface area contributed by atoms with Gasteiger partial charge in [-0.05, 0) is 51.8 Å². The fourth-order valence-electron chi connectivity index (χ4n) is 1.96. The molecule has 0 saturated heterocycles. The van der Waals surface area contributed by atoms with Crippen molar-refractivity contribution in [3.8, 4) is 5.69 Å². The summed E-state index contributed by atoms with van der Waals surface area (Å²) in [5.74, 6) is 0. The Morgan fingerprint density at radius 3 is 2.67 bits per heavy atom. The fourth-order valence-corrected chi connectivity index (χ4v) is 2.41. The predicted octanol–water partition coefficient (Wildman–Crippen LogP) is 4.30. The topological polar surface area (TPSA) is 42.7 Å². The summed E-state index contributed by atoms with van der Waals surface area (Å²) in [6, 6.07) is 14.0. The second-order valence-corrected chi connectivity index (χ2v) is 5.78. The second-order valence-electron chi connectivity index (χ2n) is 4.52. The molecule has 3 aromatic rings. The Bertz CT molecular complexity index is 743. The van der Waals surface area contributed by atoms with Crippen molar-refractivity contribution in [2.45, 2.75) is 6.54 Å². The van der Waals surface area contributed by atoms with Gasteiger partial charge in [0, 0.05) is 16.7 Å². The van der Waals surface area contributed by atoms with Crippen LogP contribution in [0.15, 0.2) is 59.6 Å². The fraction of sp³-hybridized carbons (Fsp3) is 0.0667. The molecule has 1 aromatic heterocycles. The van der Waals surface area contributed by atoms with Crippen molar-refractivity contribution >= 4 is 33.2 Å². The number of nitrogens with one attached hydrogen (secondary N) is 1. The molecule has 6 heteroatoms. The lowest BCUT2D eigenvalue weighted by Gasteiger charge is -2.09. The maximum absolute atomic E-state index is 6.10. The first kappa shape index (κ1) is 14.1. The van der Waals surface area contributed by atoms with Crippen LogP contribution in [-0.2, 0) is 6.54 Å². The van der Waals surface area contributed by atoms with Gasteiger partial charge >= 0.3 is 0 Å². The lowest BCUT2D eigenvalue weighted by atomic mass is 10.2. The van der Waals surface area contributed by atoms with Gasteiger partial charge in [0.2, 0.25) is 0 Å². The Morgan fingerprint density at radius 1 is 1.10 bits per heavy atom. The zero-order chi connectivity index (χ0) is 14.7. The molecular formula is C15H12BrClN4. The monoisotopic (exact) mass is 362 g/mol. The summed E-state index contributed by atoms with van der Waals surface area (Å²) < 4.78 is 2.77. The normalized spacial score (nSPS) is 10.6. The van der Waals surface area contributed by atoms with E-state index in [0.717, 1.165) is 21.4 Å². The van der Waals surface area contributed by atoms with Gasteiger partial charge in [0.15, 0.2) is 0 Å². The van der Waals surface area contributed by atoms with Crippen molar-refractivity contribution in [3.63, 3.8) is 0 Å². The summed E-state index contributed by atoms with van der Waals surface area (Å²) in [5, 5.41) is 11.7. The van der Waals surface area contributed by atoms with E-state index in [9.17, 15) is 0 Å². The van der Waals surface area contributed by atoms with Gasteiger partial charge in [0.1, 0.15) is 12.7 Å². The molecule has 0 fully saturated rings. The first-order valence-corrected chi connectivity index (χ1v) is 7.52. The number of hydrogen-bond acceptors (Lipinski definition) is 3. The van der Waals surface area contributed by atoms with Crippen LogP contribution in [0.2, 0.25) is 5.02 Å². The molecule has 0 saturated carbocycles. The summed E-state index contributed by atoms with van der Waals surface area (Å²) in [5.41, 5.74) is 3.16. The van der Waals surface area contributed by atoms with E-state index in [1.54, 1.807) is 12.7 Å². The SMILES string of the molecule is Clc1cc(CNc2cccc(-n3cnnc3)c2)ccc1Br. The zero-order valence-corrected chi connectivity index (χ0v) is 13.3. The Balaban J connectivity index is 1.73. The van der Waals surface area contributed by atoms with Crippen LogP contribution in [0.3, 0.4) is 0 Å². The minimum Gasteiger partial charge on any atom is -0.381 e. The van der Waals surface area contributed by atoms with E-state index in [0.29, 0.717) is 11.6 Å². The summed E-state index contributed by atoms with van der Waals surface area (Å²) in [4.78, 5) is 0. The van der Waals surface area contributed by atoms with Crippen molar-refractivity contribution in [1.29, 1.82) is 0 Å². The highest BCUT2D eigenvalue weighted by Gasteiger charge is 2.01. The van der Waals surface area contributed by atoms with Gasteiger partial charge in [-0.1, -0.05) is 23.7 Å². The van der Waals surface area contributed by atoms with Crippen LogP contribution in [0, 0.1) is 0 Å². The maximum atomic E-state index is 6.10. The smallest absolute Gasteiger partial charge is 0.123 e. The molecule has 4 nitrogen and oxygen atoms in total. The summed E-state index contributed by atoms with van der Waals surface area (Å²) in [7, 11) is 0. The molecule has 0 aliphatic heterocycles. The molecular weight excluding hydrogens is 352 g/mol. The van der Waals surface area contributed by atoms with E-state index in [2.05, 4.69) is 31.4 Å². The number of nitrogens with zero attached hydrogens (tertiary/aromatic N) is 3. The van der Waals surface area contributed by atoms with Crippen LogP contribution in [0.4, 0.5) is 5.69 Å². The molecule has 21 heavy (non-hydrogen) atoms. The minimum atomic E-state index is 0.707. The lowest BCUT2D eigenvalue weighted by Crippen LogP contribution is -2.00. The van der Waals surface area contributed by atoms with Crippen molar-refractivity contribution in [2.24, 2.45) is 0 Å². The van der Waals surface area contributed by atoms with Crippen LogP contribution < -0.4 is 5.32 Å². The van der Waals surface area contributed by atoms with Gasteiger partial charge in [-0.15, -0.1) is 10.2 Å². The molecule has 106 valence electrons. The van der Waals surface area contributed by atoms with Gasteiger partial charge in [-0.25, -0.2) is 0 Å². The highest BCUT2D eigenvalue weighted by Crippen LogP contribution is 2.23. The molecule has 3 rings (SSSR count). The molecule has 0 spiro atoms. The highest BCUT2D eigenvalue weighted by atomic mass is 79.9. The average molecular weight is 364 g/mol. The number of halogens is 2. The van der Waals surface area contributed by atoms with E-state index in [4.69, 9.17) is 11.6 Å². The number of anilines is 1. The average Bonchev–Trinajstić information content (AvgIpc) is 3.03. The van der Waals surface area contributed by atoms with E-state index in [-0.39, 0.29) is 0 Å². The third-order valence-electron chi connectivity index (χ3n) is 3.04. The van der Waals surface area contributed by atoms with E-state index in [1.165, 1.54) is 0 Å². The number of aromatic nitrogens is 3. The molecule has 1 heterocycles. The quantitative estimate of drug-likeness (QED) is 0.751. The molecule has 1 N–H and O–H groups in total. The van der Waals surface area contributed by atoms with Crippen molar-refractivity contribution in [3.05, 3.63) is 70.2 Å². The number of hydrogen-bond donors (Lipinski definition) is 1. The Morgan fingerprint density at radius 2 is 1.90 bits per heavy atom. The summed E-state index contributed by atoms with van der Waals surface area (Å²) in [6.07, 6.45) is 3.35. The van der Waals surface area contributed by atoms with Gasteiger partial charge in [0.25, 0.3) is 0 Å². The van der Waals surface area contributed by atoms with Crippen LogP contribution in [0.1, 0.15) is 5.56 Å². The Kier molecular flexibility index (Phi) is 4.22. The third-order valence-corrected chi connectivity index (χ3v) is 4.28. The standard InChI is InChI=1S/C15H12BrClN4/c16-14-5-4-11(6-15(14)17)8-18-12-2-1-3-13(7-12)21-9-19-20-10-21/h1-7,9-10,18H,8H2. The molecule has 0 unspecified atom stereocenters. The number of rotatable bonds is 4. The van der Waals surface area contributed by atoms with Crippen molar-refractivity contribution in [2.75, 3.05) is 5.32 Å². The molecule has 0 atom stereocenters. The minimum absolute atomic E-state index is 0.707. The third kappa shape index (κ3) is 3.43.